The van der Waals surface area contributed by atoms with Gasteiger partial charge in [0.05, 0.1) is 16.3 Å². The van der Waals surface area contributed by atoms with Crippen LogP contribution in [0.15, 0.2) is 107 Å². The van der Waals surface area contributed by atoms with Gasteiger partial charge in [0.15, 0.2) is 0 Å². The third kappa shape index (κ3) is 6.55. The van der Waals surface area contributed by atoms with Crippen LogP contribution in [0.4, 0.5) is 11.4 Å². The number of benzene rings is 4. The number of carbonyl (C=O) groups excluding carboxylic acids is 1. The normalized spacial score (nSPS) is 11.2. The fourth-order valence-corrected chi connectivity index (χ4v) is 6.37. The van der Waals surface area contributed by atoms with Crippen molar-refractivity contribution in [3.05, 3.63) is 119 Å². The predicted molar refractivity (Wildman–Crippen MR) is 153 cm³/mol. The number of hydrogen-bond acceptors (Lipinski definition) is 4. The summed E-state index contributed by atoms with van der Waals surface area (Å²) in [5.74, 6) is 0.265. The number of thioether (sulfide) groups is 1. The van der Waals surface area contributed by atoms with Crippen LogP contribution in [-0.4, -0.2) is 20.9 Å². The Hall–Kier alpha value is -3.26. The van der Waals surface area contributed by atoms with Gasteiger partial charge in [0, 0.05) is 15.7 Å². The molecule has 0 saturated carbocycles. The van der Waals surface area contributed by atoms with Crippen LogP contribution in [0.1, 0.15) is 16.7 Å². The standard InChI is InChI=1S/C29H27ClN2O3S2/c1-21-9-8-13-27(22(21)2)32(37(34,35)25-10-4-3-5-11-25)19-29(33)31-26-12-6-7-14-28(26)36-20-23-15-17-24(30)18-16-23/h3-18H,19-20H2,1-2H3,(H,31,33). The van der Waals surface area contributed by atoms with Crippen molar-refractivity contribution in [2.45, 2.75) is 29.4 Å². The van der Waals surface area contributed by atoms with Crippen molar-refractivity contribution < 1.29 is 13.2 Å². The third-order valence-corrected chi connectivity index (χ3v) is 9.10. The molecule has 0 saturated heterocycles. The predicted octanol–water partition coefficient (Wildman–Crippen LogP) is 7.08. The maximum atomic E-state index is 13.7. The van der Waals surface area contributed by atoms with Crippen LogP contribution in [0.3, 0.4) is 0 Å². The summed E-state index contributed by atoms with van der Waals surface area (Å²) in [6, 6.07) is 28.7. The van der Waals surface area contributed by atoms with E-state index in [0.29, 0.717) is 22.2 Å². The lowest BCUT2D eigenvalue weighted by Crippen LogP contribution is -2.38. The van der Waals surface area contributed by atoms with E-state index in [1.165, 1.54) is 16.4 Å². The Bertz CT molecular complexity index is 1490. The van der Waals surface area contributed by atoms with Gasteiger partial charge < -0.3 is 5.32 Å². The van der Waals surface area contributed by atoms with E-state index >= 15 is 0 Å². The van der Waals surface area contributed by atoms with Crippen LogP contribution in [0.25, 0.3) is 0 Å². The Kier molecular flexibility index (Phi) is 8.59. The van der Waals surface area contributed by atoms with Gasteiger partial charge in [-0.15, -0.1) is 11.8 Å². The van der Waals surface area contributed by atoms with E-state index in [0.717, 1.165) is 21.6 Å². The number of aryl methyl sites for hydroxylation is 1. The summed E-state index contributed by atoms with van der Waals surface area (Å²) in [5, 5.41) is 3.61. The van der Waals surface area contributed by atoms with Crippen LogP contribution in [0.2, 0.25) is 5.02 Å². The van der Waals surface area contributed by atoms with E-state index in [1.807, 2.05) is 68.4 Å². The monoisotopic (exact) mass is 550 g/mol. The second-order valence-corrected chi connectivity index (χ2v) is 11.8. The number of nitrogens with zero attached hydrogens (tertiary/aromatic N) is 1. The molecule has 0 aromatic heterocycles. The first-order chi connectivity index (χ1) is 17.8. The van der Waals surface area contributed by atoms with Gasteiger partial charge >= 0.3 is 0 Å². The quantitative estimate of drug-likeness (QED) is 0.226. The number of halogens is 1. The lowest BCUT2D eigenvalue weighted by Gasteiger charge is -2.26. The molecule has 0 spiro atoms. The van der Waals surface area contributed by atoms with Gasteiger partial charge in [0.2, 0.25) is 5.91 Å². The van der Waals surface area contributed by atoms with Gasteiger partial charge in [-0.2, -0.15) is 0 Å². The van der Waals surface area contributed by atoms with Crippen molar-refractivity contribution in [2.75, 3.05) is 16.2 Å². The van der Waals surface area contributed by atoms with E-state index < -0.39 is 15.9 Å². The molecule has 0 aliphatic carbocycles. The average molecular weight is 551 g/mol. The highest BCUT2D eigenvalue weighted by atomic mass is 35.5. The molecule has 5 nitrogen and oxygen atoms in total. The first-order valence-corrected chi connectivity index (χ1v) is 14.5. The number of hydrogen-bond donors (Lipinski definition) is 1. The fourth-order valence-electron chi connectivity index (χ4n) is 3.78. The molecule has 1 amide bonds. The molecule has 0 atom stereocenters. The third-order valence-electron chi connectivity index (χ3n) is 5.93. The van der Waals surface area contributed by atoms with Crippen molar-refractivity contribution in [2.24, 2.45) is 0 Å². The molecular weight excluding hydrogens is 524 g/mol. The van der Waals surface area contributed by atoms with Crippen LogP contribution >= 0.6 is 23.4 Å². The van der Waals surface area contributed by atoms with Crippen molar-refractivity contribution >= 4 is 50.7 Å². The first-order valence-electron chi connectivity index (χ1n) is 11.7. The van der Waals surface area contributed by atoms with E-state index in [-0.39, 0.29) is 11.4 Å². The summed E-state index contributed by atoms with van der Waals surface area (Å²) in [7, 11) is -3.98. The van der Waals surface area contributed by atoms with Crippen molar-refractivity contribution in [1.29, 1.82) is 0 Å². The van der Waals surface area contributed by atoms with Gasteiger partial charge in [-0.1, -0.05) is 66.2 Å². The van der Waals surface area contributed by atoms with Crippen molar-refractivity contribution in [3.63, 3.8) is 0 Å². The lowest BCUT2D eigenvalue weighted by molar-refractivity contribution is -0.114. The summed E-state index contributed by atoms with van der Waals surface area (Å²) in [6.07, 6.45) is 0. The summed E-state index contributed by atoms with van der Waals surface area (Å²) in [5.41, 5.74) is 3.95. The molecule has 4 aromatic rings. The Morgan fingerprint density at radius 1 is 0.865 bits per heavy atom. The number of sulfonamides is 1. The van der Waals surface area contributed by atoms with E-state index in [2.05, 4.69) is 5.32 Å². The minimum absolute atomic E-state index is 0.127. The van der Waals surface area contributed by atoms with Crippen LogP contribution < -0.4 is 9.62 Å². The molecule has 4 aromatic carbocycles. The maximum Gasteiger partial charge on any atom is 0.264 e. The zero-order valence-electron chi connectivity index (χ0n) is 20.5. The molecule has 0 aliphatic rings. The number of rotatable bonds is 9. The van der Waals surface area contributed by atoms with Gasteiger partial charge in [-0.3, -0.25) is 9.10 Å². The molecule has 8 heteroatoms. The highest BCUT2D eigenvalue weighted by molar-refractivity contribution is 7.98. The second-order valence-electron chi connectivity index (χ2n) is 8.50. The van der Waals surface area contributed by atoms with E-state index in [9.17, 15) is 13.2 Å². The molecule has 1 N–H and O–H groups in total. The van der Waals surface area contributed by atoms with Gasteiger partial charge in [0.25, 0.3) is 10.0 Å². The second kappa shape index (κ2) is 11.9. The number of carbonyl (C=O) groups is 1. The summed E-state index contributed by atoms with van der Waals surface area (Å²) in [6.45, 7) is 3.41. The van der Waals surface area contributed by atoms with E-state index in [4.69, 9.17) is 11.6 Å². The molecule has 0 heterocycles. The molecule has 0 fully saturated rings. The van der Waals surface area contributed by atoms with E-state index in [1.54, 1.807) is 42.1 Å². The molecule has 4 rings (SSSR count). The van der Waals surface area contributed by atoms with Crippen molar-refractivity contribution in [1.82, 2.24) is 0 Å². The molecule has 0 unspecified atom stereocenters. The van der Waals surface area contributed by atoms with Gasteiger partial charge in [-0.05, 0) is 73.0 Å². The summed E-state index contributed by atoms with van der Waals surface area (Å²) in [4.78, 5) is 14.3. The Labute approximate surface area is 227 Å². The number of para-hydroxylation sites is 1. The molecule has 0 bridgehead atoms. The molecule has 0 aliphatic heterocycles. The lowest BCUT2D eigenvalue weighted by atomic mass is 10.1. The molecule has 37 heavy (non-hydrogen) atoms. The van der Waals surface area contributed by atoms with Crippen LogP contribution in [-0.2, 0) is 20.6 Å². The molecular formula is C29H27ClN2O3S2. The smallest absolute Gasteiger partial charge is 0.264 e. The number of anilines is 2. The van der Waals surface area contributed by atoms with Crippen molar-refractivity contribution in [3.8, 4) is 0 Å². The van der Waals surface area contributed by atoms with Crippen LogP contribution in [0.5, 0.6) is 0 Å². The van der Waals surface area contributed by atoms with Gasteiger partial charge in [-0.25, -0.2) is 8.42 Å². The fraction of sp³-hybridized carbons (Fsp3) is 0.138. The number of amides is 1. The summed E-state index contributed by atoms with van der Waals surface area (Å²) < 4.78 is 28.5. The Morgan fingerprint density at radius 3 is 2.27 bits per heavy atom. The van der Waals surface area contributed by atoms with Gasteiger partial charge in [0.1, 0.15) is 6.54 Å². The molecule has 190 valence electrons. The highest BCUT2D eigenvalue weighted by Crippen LogP contribution is 2.31. The SMILES string of the molecule is Cc1cccc(N(CC(=O)Nc2ccccc2SCc2ccc(Cl)cc2)S(=O)(=O)c2ccccc2)c1C. The zero-order valence-corrected chi connectivity index (χ0v) is 22.9. The molecule has 0 radical (unpaired) electrons. The minimum atomic E-state index is -3.98. The largest absolute Gasteiger partial charge is 0.323 e. The summed E-state index contributed by atoms with van der Waals surface area (Å²) >= 11 is 7.57. The topological polar surface area (TPSA) is 66.5 Å². The average Bonchev–Trinajstić information content (AvgIpc) is 2.90. The maximum absolute atomic E-state index is 13.7. The number of nitrogens with one attached hydrogen (secondary N) is 1. The minimum Gasteiger partial charge on any atom is -0.323 e. The highest BCUT2D eigenvalue weighted by Gasteiger charge is 2.28. The Morgan fingerprint density at radius 2 is 1.54 bits per heavy atom. The zero-order chi connectivity index (χ0) is 26.4. The Balaban J connectivity index is 1.59. The van der Waals surface area contributed by atoms with Crippen LogP contribution in [0, 0.1) is 13.8 Å². The first kappa shape index (κ1) is 26.8.